The Balaban J connectivity index is 2.12. The van der Waals surface area contributed by atoms with E-state index in [1.807, 2.05) is 30.3 Å². The molecule has 0 heterocycles. The lowest BCUT2D eigenvalue weighted by molar-refractivity contribution is -0.384. The highest BCUT2D eigenvalue weighted by Gasteiger charge is 2.13. The van der Waals surface area contributed by atoms with Crippen LogP contribution in [0.25, 0.3) is 0 Å². The molecule has 2 rings (SSSR count). The number of hydrogen-bond donors (Lipinski definition) is 1. The van der Waals surface area contributed by atoms with Gasteiger partial charge in [-0.05, 0) is 18.1 Å². The van der Waals surface area contributed by atoms with Crippen molar-refractivity contribution in [2.24, 2.45) is 0 Å². The van der Waals surface area contributed by atoms with Crippen LogP contribution in [-0.4, -0.2) is 12.0 Å². The van der Waals surface area contributed by atoms with E-state index >= 15 is 0 Å². The summed E-state index contributed by atoms with van der Waals surface area (Å²) >= 11 is 0. The standard InChI is InChI=1S/C17H20N2O3/c1-3-16(13-8-6-9-15(11-13)19(20)21)18-12-14-7-4-5-10-17(14)22-2/h4-11,16,18H,3,12H2,1-2H3. The first kappa shape index (κ1) is 16.0. The predicted molar refractivity (Wildman–Crippen MR) is 86.0 cm³/mol. The van der Waals surface area contributed by atoms with Crippen molar-refractivity contribution in [1.82, 2.24) is 5.32 Å². The lowest BCUT2D eigenvalue weighted by Crippen LogP contribution is -2.20. The molecule has 116 valence electrons. The zero-order valence-electron chi connectivity index (χ0n) is 12.8. The molecule has 0 aromatic heterocycles. The van der Waals surface area contributed by atoms with Crippen LogP contribution in [0.3, 0.4) is 0 Å². The van der Waals surface area contributed by atoms with Gasteiger partial charge >= 0.3 is 0 Å². The van der Waals surface area contributed by atoms with Crippen LogP contribution in [0.1, 0.15) is 30.5 Å². The molecule has 0 amide bonds. The zero-order valence-corrected chi connectivity index (χ0v) is 12.8. The minimum absolute atomic E-state index is 0.0600. The van der Waals surface area contributed by atoms with Crippen LogP contribution in [0.5, 0.6) is 5.75 Å². The Morgan fingerprint density at radius 3 is 2.68 bits per heavy atom. The van der Waals surface area contributed by atoms with Crippen LogP contribution >= 0.6 is 0 Å². The van der Waals surface area contributed by atoms with E-state index in [0.717, 1.165) is 23.3 Å². The minimum Gasteiger partial charge on any atom is -0.496 e. The Kier molecular flexibility index (Phi) is 5.49. The number of nitrogens with one attached hydrogen (secondary N) is 1. The normalized spacial score (nSPS) is 11.9. The summed E-state index contributed by atoms with van der Waals surface area (Å²) in [6, 6.07) is 14.7. The number of non-ortho nitro benzene ring substituents is 1. The lowest BCUT2D eigenvalue weighted by Gasteiger charge is -2.18. The van der Waals surface area contributed by atoms with Gasteiger partial charge in [0, 0.05) is 30.3 Å². The molecule has 1 unspecified atom stereocenters. The van der Waals surface area contributed by atoms with Crippen LogP contribution < -0.4 is 10.1 Å². The molecule has 2 aromatic rings. The molecule has 0 aliphatic rings. The van der Waals surface area contributed by atoms with Crippen LogP contribution in [0.2, 0.25) is 0 Å². The highest BCUT2D eigenvalue weighted by molar-refractivity contribution is 5.36. The second kappa shape index (κ2) is 7.56. The fraction of sp³-hybridized carbons (Fsp3) is 0.294. The monoisotopic (exact) mass is 300 g/mol. The first-order valence-corrected chi connectivity index (χ1v) is 7.25. The zero-order chi connectivity index (χ0) is 15.9. The largest absolute Gasteiger partial charge is 0.496 e. The van der Waals surface area contributed by atoms with Gasteiger partial charge in [-0.3, -0.25) is 10.1 Å². The molecular formula is C17H20N2O3. The highest BCUT2D eigenvalue weighted by Crippen LogP contribution is 2.23. The quantitative estimate of drug-likeness (QED) is 0.623. The molecule has 22 heavy (non-hydrogen) atoms. The Bertz CT molecular complexity index is 643. The molecule has 5 heteroatoms. The Hall–Kier alpha value is -2.40. The number of hydrogen-bond acceptors (Lipinski definition) is 4. The van der Waals surface area contributed by atoms with Gasteiger partial charge in [0.05, 0.1) is 12.0 Å². The molecule has 0 bridgehead atoms. The summed E-state index contributed by atoms with van der Waals surface area (Å²) in [6.45, 7) is 2.70. The molecule has 0 saturated carbocycles. The summed E-state index contributed by atoms with van der Waals surface area (Å²) in [5.74, 6) is 0.837. The molecule has 0 radical (unpaired) electrons. The third kappa shape index (κ3) is 3.83. The van der Waals surface area contributed by atoms with Gasteiger partial charge in [0.15, 0.2) is 0 Å². The Morgan fingerprint density at radius 2 is 2.00 bits per heavy atom. The summed E-state index contributed by atoms with van der Waals surface area (Å²) in [5.41, 5.74) is 2.11. The summed E-state index contributed by atoms with van der Waals surface area (Å²) in [5, 5.41) is 14.3. The average molecular weight is 300 g/mol. The molecular weight excluding hydrogens is 280 g/mol. The number of nitrogens with zero attached hydrogens (tertiary/aromatic N) is 1. The topological polar surface area (TPSA) is 64.4 Å². The number of benzene rings is 2. The van der Waals surface area contributed by atoms with Gasteiger partial charge in [-0.15, -0.1) is 0 Å². The number of nitro benzene ring substituents is 1. The number of methoxy groups -OCH3 is 1. The van der Waals surface area contributed by atoms with E-state index in [1.54, 1.807) is 19.2 Å². The van der Waals surface area contributed by atoms with Gasteiger partial charge in [0.25, 0.3) is 5.69 Å². The molecule has 0 aliphatic carbocycles. The fourth-order valence-electron chi connectivity index (χ4n) is 2.44. The first-order valence-electron chi connectivity index (χ1n) is 7.25. The molecule has 5 nitrogen and oxygen atoms in total. The second-order valence-corrected chi connectivity index (χ2v) is 5.01. The summed E-state index contributed by atoms with van der Waals surface area (Å²) < 4.78 is 5.34. The number of ether oxygens (including phenoxy) is 1. The van der Waals surface area contributed by atoms with Crippen molar-refractivity contribution in [3.05, 3.63) is 69.8 Å². The van der Waals surface area contributed by atoms with Crippen molar-refractivity contribution >= 4 is 5.69 Å². The van der Waals surface area contributed by atoms with Crippen molar-refractivity contribution < 1.29 is 9.66 Å². The molecule has 1 N–H and O–H groups in total. The van der Waals surface area contributed by atoms with E-state index in [9.17, 15) is 10.1 Å². The maximum atomic E-state index is 10.9. The average Bonchev–Trinajstić information content (AvgIpc) is 2.56. The van der Waals surface area contributed by atoms with E-state index in [4.69, 9.17) is 4.74 Å². The maximum absolute atomic E-state index is 10.9. The maximum Gasteiger partial charge on any atom is 0.269 e. The smallest absolute Gasteiger partial charge is 0.269 e. The van der Waals surface area contributed by atoms with Gasteiger partial charge in [-0.1, -0.05) is 37.3 Å². The van der Waals surface area contributed by atoms with Crippen LogP contribution in [0.4, 0.5) is 5.69 Å². The fourth-order valence-corrected chi connectivity index (χ4v) is 2.44. The molecule has 0 spiro atoms. The van der Waals surface area contributed by atoms with Crippen LogP contribution in [-0.2, 0) is 6.54 Å². The summed E-state index contributed by atoms with van der Waals surface area (Å²) in [7, 11) is 1.65. The van der Waals surface area contributed by atoms with Gasteiger partial charge < -0.3 is 10.1 Å². The van der Waals surface area contributed by atoms with Gasteiger partial charge in [-0.25, -0.2) is 0 Å². The van der Waals surface area contributed by atoms with Crippen molar-refractivity contribution in [3.8, 4) is 5.75 Å². The van der Waals surface area contributed by atoms with E-state index < -0.39 is 0 Å². The number of para-hydroxylation sites is 1. The number of rotatable bonds is 7. The van der Waals surface area contributed by atoms with E-state index in [2.05, 4.69) is 12.2 Å². The number of nitro groups is 1. The molecule has 2 aromatic carbocycles. The molecule has 1 atom stereocenters. The van der Waals surface area contributed by atoms with Gasteiger partial charge in [0.2, 0.25) is 0 Å². The predicted octanol–water partition coefficient (Wildman–Crippen LogP) is 3.84. The van der Waals surface area contributed by atoms with Crippen molar-refractivity contribution in [3.63, 3.8) is 0 Å². The second-order valence-electron chi connectivity index (χ2n) is 5.01. The first-order chi connectivity index (χ1) is 10.7. The van der Waals surface area contributed by atoms with Crippen molar-refractivity contribution in [2.45, 2.75) is 25.9 Å². The van der Waals surface area contributed by atoms with Crippen molar-refractivity contribution in [2.75, 3.05) is 7.11 Å². The Labute approximate surface area is 130 Å². The minimum atomic E-state index is -0.365. The van der Waals surface area contributed by atoms with Gasteiger partial charge in [-0.2, -0.15) is 0 Å². The van der Waals surface area contributed by atoms with Crippen molar-refractivity contribution in [1.29, 1.82) is 0 Å². The van der Waals surface area contributed by atoms with Gasteiger partial charge in [0.1, 0.15) is 5.75 Å². The van der Waals surface area contributed by atoms with E-state index in [0.29, 0.717) is 6.54 Å². The highest BCUT2D eigenvalue weighted by atomic mass is 16.6. The molecule has 0 aliphatic heterocycles. The lowest BCUT2D eigenvalue weighted by atomic mass is 10.0. The molecule has 0 fully saturated rings. The van der Waals surface area contributed by atoms with E-state index in [-0.39, 0.29) is 16.7 Å². The van der Waals surface area contributed by atoms with Crippen LogP contribution in [0, 0.1) is 10.1 Å². The molecule has 0 saturated heterocycles. The Morgan fingerprint density at radius 1 is 1.23 bits per heavy atom. The van der Waals surface area contributed by atoms with E-state index in [1.165, 1.54) is 6.07 Å². The SMILES string of the molecule is CCC(NCc1ccccc1OC)c1cccc([N+](=O)[O-])c1. The van der Waals surface area contributed by atoms with Crippen LogP contribution in [0.15, 0.2) is 48.5 Å². The summed E-state index contributed by atoms with van der Waals surface area (Å²) in [6.07, 6.45) is 0.844. The third-order valence-electron chi connectivity index (χ3n) is 3.62. The third-order valence-corrected chi connectivity index (χ3v) is 3.62. The summed E-state index contributed by atoms with van der Waals surface area (Å²) in [4.78, 5) is 10.5.